The maximum absolute atomic E-state index is 12.4. The molecule has 0 bridgehead atoms. The maximum Gasteiger partial charge on any atom is 0.220 e. The Bertz CT molecular complexity index is 934. The van der Waals surface area contributed by atoms with Crippen molar-refractivity contribution in [1.29, 1.82) is 0 Å². The lowest BCUT2D eigenvalue weighted by Crippen LogP contribution is -2.37. The number of benzene rings is 1. The monoisotopic (exact) mass is 484 g/mol. The zero-order valence-electron chi connectivity index (χ0n) is 23.1. The van der Waals surface area contributed by atoms with Crippen LogP contribution in [-0.4, -0.2) is 62.2 Å². The summed E-state index contributed by atoms with van der Waals surface area (Å²) in [6.45, 7) is 15.5. The van der Waals surface area contributed by atoms with Crippen molar-refractivity contribution in [2.45, 2.75) is 65.7 Å². The Hall–Kier alpha value is -2.93. The second-order valence-electron chi connectivity index (χ2n) is 10.5. The Morgan fingerprint density at radius 3 is 2.43 bits per heavy atom. The summed E-state index contributed by atoms with van der Waals surface area (Å²) in [4.78, 5) is 12.4. The van der Waals surface area contributed by atoms with Gasteiger partial charge in [0.15, 0.2) is 0 Å². The highest BCUT2D eigenvalue weighted by molar-refractivity contribution is 5.97. The number of phenols is 1. The third kappa shape index (κ3) is 10.5. The number of allylic oxidation sites excluding steroid dienone is 4. The van der Waals surface area contributed by atoms with Gasteiger partial charge in [-0.15, -0.1) is 5.12 Å². The van der Waals surface area contributed by atoms with Crippen molar-refractivity contribution in [1.82, 2.24) is 5.32 Å². The third-order valence-electron chi connectivity index (χ3n) is 5.36. The minimum Gasteiger partial charge on any atom is -0.505 e. The van der Waals surface area contributed by atoms with Crippen LogP contribution in [0.15, 0.2) is 46.6 Å². The fourth-order valence-corrected chi connectivity index (χ4v) is 3.53. The largest absolute Gasteiger partial charge is 0.505 e. The average Bonchev–Trinajstić information content (AvgIpc) is 2.80. The molecule has 0 saturated heterocycles. The van der Waals surface area contributed by atoms with Gasteiger partial charge in [0.05, 0.1) is 33.4 Å². The number of hydrogen-bond donors (Lipinski definition) is 2. The summed E-state index contributed by atoms with van der Waals surface area (Å²) in [5, 5.41) is 24.0. The van der Waals surface area contributed by atoms with Crippen molar-refractivity contribution in [2.24, 2.45) is 10.2 Å². The number of quaternary nitrogens is 1. The van der Waals surface area contributed by atoms with Crippen molar-refractivity contribution in [3.8, 4) is 5.75 Å². The van der Waals surface area contributed by atoms with Crippen LogP contribution >= 0.6 is 0 Å². The summed E-state index contributed by atoms with van der Waals surface area (Å²) >= 11 is 0. The van der Waals surface area contributed by atoms with Gasteiger partial charge in [0.25, 0.3) is 0 Å². The molecule has 0 aliphatic heterocycles. The molecule has 7 heteroatoms. The number of hydrazone groups is 2. The van der Waals surface area contributed by atoms with Gasteiger partial charge in [-0.2, -0.15) is 10.2 Å². The van der Waals surface area contributed by atoms with Crippen LogP contribution in [0.1, 0.15) is 65.0 Å². The molecule has 0 heterocycles. The van der Waals surface area contributed by atoms with Crippen LogP contribution < -0.4 is 10.4 Å². The van der Waals surface area contributed by atoms with E-state index in [-0.39, 0.29) is 17.1 Å². The van der Waals surface area contributed by atoms with Gasteiger partial charge in [0, 0.05) is 38.1 Å². The second-order valence-corrected chi connectivity index (χ2v) is 10.5. The van der Waals surface area contributed by atoms with E-state index in [9.17, 15) is 9.90 Å². The first-order valence-electron chi connectivity index (χ1n) is 12.5. The minimum absolute atomic E-state index is 0.0291. The molecular formula is C28H46N5O2+. The standard InChI is InChI=1S/C26H39N5O2.C2H6/c1-26(2,3)22-18-20(14-15-24(32)28-16-11-17-31(5,6)7)19-23(25(22)33)30(27-4)29-21-12-9-8-10-13-21;1-2/h8-10,12,18-19H,4,11,13-17H2,1-3,5-7H3,(H-,28,32,33);1-2H3/p+1/b29-21-;. The summed E-state index contributed by atoms with van der Waals surface area (Å²) < 4.78 is 0.881. The topological polar surface area (TPSA) is 77.3 Å². The minimum atomic E-state index is -0.296. The van der Waals surface area contributed by atoms with Crippen molar-refractivity contribution in [2.75, 3.05) is 39.4 Å². The van der Waals surface area contributed by atoms with Crippen LogP contribution in [0.4, 0.5) is 5.69 Å². The Kier molecular flexibility index (Phi) is 11.9. The number of phenolic OH excluding ortho intramolecular Hbond substituents is 1. The van der Waals surface area contributed by atoms with Gasteiger partial charge < -0.3 is 14.9 Å². The predicted octanol–water partition coefficient (Wildman–Crippen LogP) is 5.16. The fourth-order valence-electron chi connectivity index (χ4n) is 3.53. The van der Waals surface area contributed by atoms with Gasteiger partial charge >= 0.3 is 0 Å². The van der Waals surface area contributed by atoms with E-state index in [1.807, 2.05) is 71.1 Å². The SMILES string of the molecule is C=NN(/N=C1/C=CC=CC1)c1cc(CCC(=O)NCCC[N+](C)(C)C)cc(C(C)(C)C)c1O.CC. The van der Waals surface area contributed by atoms with Crippen LogP contribution in [0, 0.1) is 0 Å². The number of aromatic hydroxyl groups is 1. The molecule has 2 N–H and O–H groups in total. The van der Waals surface area contributed by atoms with Gasteiger partial charge in [0.2, 0.25) is 5.91 Å². The van der Waals surface area contributed by atoms with E-state index in [0.29, 0.717) is 31.5 Å². The summed E-state index contributed by atoms with van der Waals surface area (Å²) in [7, 11) is 6.43. The van der Waals surface area contributed by atoms with Gasteiger partial charge in [-0.05, 0) is 29.5 Å². The normalized spacial score (nSPS) is 14.3. The fraction of sp³-hybridized carbons (Fsp3) is 0.536. The molecule has 0 fully saturated rings. The van der Waals surface area contributed by atoms with Gasteiger partial charge in [-0.1, -0.05) is 58.9 Å². The number of rotatable bonds is 10. The number of amides is 1. The molecular weight excluding hydrogens is 438 g/mol. The number of hydrogen-bond acceptors (Lipinski definition) is 5. The quantitative estimate of drug-likeness (QED) is 0.209. The average molecular weight is 485 g/mol. The molecule has 1 aliphatic rings. The lowest BCUT2D eigenvalue weighted by molar-refractivity contribution is -0.870. The smallest absolute Gasteiger partial charge is 0.220 e. The molecule has 1 aromatic carbocycles. The zero-order chi connectivity index (χ0) is 26.6. The number of anilines is 1. The van der Waals surface area contributed by atoms with Gasteiger partial charge in [0.1, 0.15) is 11.4 Å². The first kappa shape index (κ1) is 30.1. The highest BCUT2D eigenvalue weighted by atomic mass is 16.3. The van der Waals surface area contributed by atoms with E-state index >= 15 is 0 Å². The van der Waals surface area contributed by atoms with Crippen LogP contribution in [0.25, 0.3) is 0 Å². The number of carbonyl (C=O) groups excluding carboxylic acids is 1. The molecule has 194 valence electrons. The van der Waals surface area contributed by atoms with Crippen LogP contribution in [0.3, 0.4) is 0 Å². The lowest BCUT2D eigenvalue weighted by Gasteiger charge is -2.25. The Morgan fingerprint density at radius 1 is 1.20 bits per heavy atom. The Morgan fingerprint density at radius 2 is 1.89 bits per heavy atom. The van der Waals surface area contributed by atoms with Crippen molar-refractivity contribution in [3.05, 3.63) is 47.6 Å². The first-order valence-corrected chi connectivity index (χ1v) is 12.5. The van der Waals surface area contributed by atoms with E-state index < -0.39 is 0 Å². The summed E-state index contributed by atoms with van der Waals surface area (Å²) in [6, 6.07) is 3.82. The molecule has 0 spiro atoms. The van der Waals surface area contributed by atoms with Crippen molar-refractivity contribution < 1.29 is 14.4 Å². The summed E-state index contributed by atoms with van der Waals surface area (Å²) in [5.74, 6) is 0.157. The number of nitrogens with zero attached hydrogens (tertiary/aromatic N) is 4. The molecule has 0 atom stereocenters. The molecule has 0 radical (unpaired) electrons. The summed E-state index contributed by atoms with van der Waals surface area (Å²) in [5.41, 5.74) is 2.72. The highest BCUT2D eigenvalue weighted by Gasteiger charge is 2.24. The maximum atomic E-state index is 12.4. The number of nitrogens with one attached hydrogen (secondary N) is 1. The Balaban J connectivity index is 0.00000298. The molecule has 1 aromatic rings. The molecule has 1 amide bonds. The van der Waals surface area contributed by atoms with Gasteiger partial charge in [-0.3, -0.25) is 4.79 Å². The van der Waals surface area contributed by atoms with E-state index in [2.05, 4.69) is 43.4 Å². The summed E-state index contributed by atoms with van der Waals surface area (Å²) in [6.07, 6.45) is 10.4. The number of carbonyl (C=O) groups is 1. The van der Waals surface area contributed by atoms with Crippen molar-refractivity contribution in [3.63, 3.8) is 0 Å². The van der Waals surface area contributed by atoms with Crippen LogP contribution in [0.5, 0.6) is 5.75 Å². The van der Waals surface area contributed by atoms with Crippen LogP contribution in [-0.2, 0) is 16.6 Å². The van der Waals surface area contributed by atoms with E-state index in [4.69, 9.17) is 0 Å². The zero-order valence-corrected chi connectivity index (χ0v) is 23.1. The lowest BCUT2D eigenvalue weighted by atomic mass is 9.84. The van der Waals surface area contributed by atoms with E-state index in [0.717, 1.165) is 34.3 Å². The molecule has 0 aromatic heterocycles. The second kappa shape index (κ2) is 13.8. The Labute approximate surface area is 212 Å². The van der Waals surface area contributed by atoms with Crippen molar-refractivity contribution >= 4 is 24.0 Å². The molecule has 0 saturated carbocycles. The van der Waals surface area contributed by atoms with E-state index in [1.54, 1.807) is 0 Å². The van der Waals surface area contributed by atoms with Gasteiger partial charge in [-0.25, -0.2) is 0 Å². The molecule has 35 heavy (non-hydrogen) atoms. The molecule has 1 aliphatic carbocycles. The van der Waals surface area contributed by atoms with Crippen LogP contribution in [0.2, 0.25) is 0 Å². The third-order valence-corrected chi connectivity index (χ3v) is 5.36. The molecule has 0 unspecified atom stereocenters. The molecule has 7 nitrogen and oxygen atoms in total. The van der Waals surface area contributed by atoms with E-state index in [1.165, 1.54) is 5.12 Å². The first-order chi connectivity index (χ1) is 16.4. The number of aryl methyl sites for hydroxylation is 1. The molecule has 2 rings (SSSR count). The predicted molar refractivity (Wildman–Crippen MR) is 149 cm³/mol. The highest BCUT2D eigenvalue weighted by Crippen LogP contribution is 2.40.